The van der Waals surface area contributed by atoms with Crippen LogP contribution in [-0.4, -0.2) is 37.0 Å². The van der Waals surface area contributed by atoms with Crippen LogP contribution in [0.25, 0.3) is 0 Å². The van der Waals surface area contributed by atoms with E-state index in [1.807, 2.05) is 54.6 Å². The molecule has 0 unspecified atom stereocenters. The van der Waals surface area contributed by atoms with Crippen LogP contribution in [0.15, 0.2) is 54.6 Å². The Kier molecular flexibility index (Phi) is 4.84. The molecule has 0 radical (unpaired) electrons. The second kappa shape index (κ2) is 7.02. The number of nitrogens with zero attached hydrogens (tertiary/aromatic N) is 2. The van der Waals surface area contributed by atoms with Gasteiger partial charge in [0.15, 0.2) is 0 Å². The number of primary amides is 1. The zero-order valence-corrected chi connectivity index (χ0v) is 13.6. The van der Waals surface area contributed by atoms with Crippen molar-refractivity contribution in [1.29, 1.82) is 0 Å². The first kappa shape index (κ1) is 15.8. The standard InChI is InChI=1S/C18H20ClN3O/c19-15-8-4-5-9-16(15)21-10-12-22(13-11-21)17(18(20)23)14-6-2-1-3-7-14/h1-9,17H,10-13H2,(H2,20,23)/t17-/m1/s1. The fraction of sp³-hybridized carbons (Fsp3) is 0.278. The van der Waals surface area contributed by atoms with Gasteiger partial charge in [0.05, 0.1) is 10.7 Å². The van der Waals surface area contributed by atoms with E-state index in [2.05, 4.69) is 9.80 Å². The van der Waals surface area contributed by atoms with Crippen molar-refractivity contribution in [2.75, 3.05) is 31.1 Å². The molecule has 1 amide bonds. The minimum Gasteiger partial charge on any atom is -0.368 e. The highest BCUT2D eigenvalue weighted by molar-refractivity contribution is 6.33. The molecule has 1 saturated heterocycles. The van der Waals surface area contributed by atoms with Crippen LogP contribution >= 0.6 is 11.6 Å². The van der Waals surface area contributed by atoms with Gasteiger partial charge in [-0.2, -0.15) is 0 Å². The number of halogens is 1. The molecule has 1 atom stereocenters. The Balaban J connectivity index is 1.72. The van der Waals surface area contributed by atoms with Gasteiger partial charge in [-0.1, -0.05) is 54.1 Å². The molecule has 3 rings (SSSR count). The Morgan fingerprint density at radius 1 is 0.957 bits per heavy atom. The fourth-order valence-corrected chi connectivity index (χ4v) is 3.37. The third-order valence-corrected chi connectivity index (χ3v) is 4.58. The molecule has 1 heterocycles. The minimum absolute atomic E-state index is 0.303. The molecule has 0 saturated carbocycles. The van der Waals surface area contributed by atoms with Gasteiger partial charge in [0.25, 0.3) is 0 Å². The summed E-state index contributed by atoms with van der Waals surface area (Å²) in [5.74, 6) is -0.303. The average Bonchev–Trinajstić information content (AvgIpc) is 2.57. The number of carbonyl (C=O) groups excluding carboxylic acids is 1. The lowest BCUT2D eigenvalue weighted by Gasteiger charge is -2.39. The molecular weight excluding hydrogens is 310 g/mol. The average molecular weight is 330 g/mol. The second-order valence-corrected chi connectivity index (χ2v) is 6.10. The number of para-hydroxylation sites is 1. The van der Waals surface area contributed by atoms with Crippen molar-refractivity contribution in [2.45, 2.75) is 6.04 Å². The molecule has 2 aromatic carbocycles. The van der Waals surface area contributed by atoms with E-state index in [1.54, 1.807) is 0 Å². The fourth-order valence-electron chi connectivity index (χ4n) is 3.12. The van der Waals surface area contributed by atoms with Crippen LogP contribution in [0, 0.1) is 0 Å². The molecule has 1 aliphatic rings. The van der Waals surface area contributed by atoms with Gasteiger partial charge < -0.3 is 10.6 Å². The maximum absolute atomic E-state index is 12.0. The monoisotopic (exact) mass is 329 g/mol. The quantitative estimate of drug-likeness (QED) is 0.938. The molecule has 1 fully saturated rings. The first-order valence-corrected chi connectivity index (χ1v) is 8.12. The third-order valence-electron chi connectivity index (χ3n) is 4.26. The number of carbonyl (C=O) groups is 1. The van der Waals surface area contributed by atoms with Gasteiger partial charge in [0.1, 0.15) is 6.04 Å². The summed E-state index contributed by atoms with van der Waals surface area (Å²) in [4.78, 5) is 16.3. The Morgan fingerprint density at radius 2 is 1.57 bits per heavy atom. The highest BCUT2D eigenvalue weighted by Gasteiger charge is 2.29. The maximum atomic E-state index is 12.0. The second-order valence-electron chi connectivity index (χ2n) is 5.69. The number of anilines is 1. The molecular formula is C18H20ClN3O. The number of benzene rings is 2. The maximum Gasteiger partial charge on any atom is 0.239 e. The van der Waals surface area contributed by atoms with Gasteiger partial charge in [-0.25, -0.2) is 0 Å². The molecule has 4 nitrogen and oxygen atoms in total. The Hall–Kier alpha value is -2.04. The van der Waals surface area contributed by atoms with Crippen molar-refractivity contribution < 1.29 is 4.79 Å². The van der Waals surface area contributed by atoms with Gasteiger partial charge in [0, 0.05) is 26.2 Å². The van der Waals surface area contributed by atoms with Crippen LogP contribution in [0.2, 0.25) is 5.02 Å². The van der Waals surface area contributed by atoms with E-state index in [0.717, 1.165) is 42.5 Å². The Bertz CT molecular complexity index is 669. The summed E-state index contributed by atoms with van der Waals surface area (Å²) >= 11 is 6.27. The first-order chi connectivity index (χ1) is 11.2. The number of hydrogen-bond acceptors (Lipinski definition) is 3. The number of amides is 1. The molecule has 120 valence electrons. The van der Waals surface area contributed by atoms with Crippen molar-refractivity contribution in [2.24, 2.45) is 5.73 Å². The largest absolute Gasteiger partial charge is 0.368 e. The van der Waals surface area contributed by atoms with Crippen molar-refractivity contribution in [3.63, 3.8) is 0 Å². The zero-order valence-electron chi connectivity index (χ0n) is 12.9. The van der Waals surface area contributed by atoms with Crippen LogP contribution < -0.4 is 10.6 Å². The summed E-state index contributed by atoms with van der Waals surface area (Å²) < 4.78 is 0. The van der Waals surface area contributed by atoms with Crippen molar-refractivity contribution in [3.05, 3.63) is 65.2 Å². The smallest absolute Gasteiger partial charge is 0.239 e. The van der Waals surface area contributed by atoms with Crippen LogP contribution in [0.3, 0.4) is 0 Å². The van der Waals surface area contributed by atoms with Crippen LogP contribution in [0.1, 0.15) is 11.6 Å². The van der Waals surface area contributed by atoms with Gasteiger partial charge in [0.2, 0.25) is 5.91 Å². The topological polar surface area (TPSA) is 49.6 Å². The number of hydrogen-bond donors (Lipinski definition) is 1. The Labute approximate surface area is 141 Å². The number of nitrogens with two attached hydrogens (primary N) is 1. The van der Waals surface area contributed by atoms with E-state index in [1.165, 1.54) is 0 Å². The van der Waals surface area contributed by atoms with E-state index >= 15 is 0 Å². The minimum atomic E-state index is -0.371. The van der Waals surface area contributed by atoms with Crippen LogP contribution in [0.5, 0.6) is 0 Å². The van der Waals surface area contributed by atoms with Crippen molar-refractivity contribution in [1.82, 2.24) is 4.90 Å². The molecule has 0 spiro atoms. The molecule has 2 N–H and O–H groups in total. The number of rotatable bonds is 4. The summed E-state index contributed by atoms with van der Waals surface area (Å²) in [5.41, 5.74) is 7.65. The van der Waals surface area contributed by atoms with Gasteiger partial charge >= 0.3 is 0 Å². The summed E-state index contributed by atoms with van der Waals surface area (Å²) in [6.45, 7) is 3.18. The predicted octanol–water partition coefficient (Wildman–Crippen LogP) is 2.69. The molecule has 5 heteroatoms. The predicted molar refractivity (Wildman–Crippen MR) is 93.6 cm³/mol. The lowest BCUT2D eigenvalue weighted by molar-refractivity contribution is -0.123. The molecule has 2 aromatic rings. The van der Waals surface area contributed by atoms with E-state index in [4.69, 9.17) is 17.3 Å². The van der Waals surface area contributed by atoms with Crippen LogP contribution in [-0.2, 0) is 4.79 Å². The SMILES string of the molecule is NC(=O)[C@@H](c1ccccc1)N1CCN(c2ccccc2Cl)CC1. The van der Waals surface area contributed by atoms with Crippen molar-refractivity contribution >= 4 is 23.2 Å². The molecule has 23 heavy (non-hydrogen) atoms. The lowest BCUT2D eigenvalue weighted by atomic mass is 10.0. The summed E-state index contributed by atoms with van der Waals surface area (Å²) in [7, 11) is 0. The van der Waals surface area contributed by atoms with E-state index in [0.29, 0.717) is 0 Å². The third kappa shape index (κ3) is 3.49. The molecule has 1 aliphatic heterocycles. The first-order valence-electron chi connectivity index (χ1n) is 7.74. The van der Waals surface area contributed by atoms with Crippen LogP contribution in [0.4, 0.5) is 5.69 Å². The summed E-state index contributed by atoms with van der Waals surface area (Å²) in [6, 6.07) is 17.2. The van der Waals surface area contributed by atoms with E-state index < -0.39 is 0 Å². The van der Waals surface area contributed by atoms with Gasteiger partial charge in [-0.15, -0.1) is 0 Å². The van der Waals surface area contributed by atoms with E-state index in [9.17, 15) is 4.79 Å². The molecule has 0 aliphatic carbocycles. The number of piperazine rings is 1. The zero-order chi connectivity index (χ0) is 16.2. The Morgan fingerprint density at radius 3 is 2.17 bits per heavy atom. The highest BCUT2D eigenvalue weighted by atomic mass is 35.5. The summed E-state index contributed by atoms with van der Waals surface area (Å²) in [6.07, 6.45) is 0. The molecule has 0 bridgehead atoms. The summed E-state index contributed by atoms with van der Waals surface area (Å²) in [5, 5.41) is 0.760. The highest BCUT2D eigenvalue weighted by Crippen LogP contribution is 2.28. The lowest BCUT2D eigenvalue weighted by Crippen LogP contribution is -2.50. The van der Waals surface area contributed by atoms with Gasteiger partial charge in [-0.3, -0.25) is 9.69 Å². The van der Waals surface area contributed by atoms with Gasteiger partial charge in [-0.05, 0) is 17.7 Å². The normalized spacial score (nSPS) is 17.0. The molecule has 0 aromatic heterocycles. The van der Waals surface area contributed by atoms with Crippen molar-refractivity contribution in [3.8, 4) is 0 Å². The van der Waals surface area contributed by atoms with E-state index in [-0.39, 0.29) is 11.9 Å².